The number of aldehydes is 1. The van der Waals surface area contributed by atoms with Gasteiger partial charge in [-0.1, -0.05) is 36.0 Å². The molecule has 0 bridgehead atoms. The van der Waals surface area contributed by atoms with E-state index in [9.17, 15) is 9.59 Å². The molecule has 1 aliphatic carbocycles. The van der Waals surface area contributed by atoms with Crippen LogP contribution in [-0.2, 0) is 4.79 Å². The van der Waals surface area contributed by atoms with Crippen molar-refractivity contribution in [1.29, 1.82) is 0 Å². The van der Waals surface area contributed by atoms with Crippen molar-refractivity contribution in [3.8, 4) is 5.75 Å². The van der Waals surface area contributed by atoms with Crippen molar-refractivity contribution in [2.45, 2.75) is 25.7 Å². The Morgan fingerprint density at radius 2 is 1.94 bits per heavy atom. The van der Waals surface area contributed by atoms with Crippen molar-refractivity contribution < 1.29 is 14.3 Å². The lowest BCUT2D eigenvalue weighted by atomic mass is 10.1. The molecule has 0 N–H and O–H groups in total. The maximum absolute atomic E-state index is 11.9. The molecular weight excluding hydrogens is 275 g/mol. The molecule has 3 nitrogen and oxygen atoms in total. The minimum absolute atomic E-state index is 0.0868. The third-order valence-electron chi connectivity index (χ3n) is 3.06. The summed E-state index contributed by atoms with van der Waals surface area (Å²) in [4.78, 5) is 22.8. The molecule has 1 fully saturated rings. The van der Waals surface area contributed by atoms with Crippen LogP contribution < -0.4 is 4.74 Å². The van der Waals surface area contributed by atoms with E-state index in [0.29, 0.717) is 11.3 Å². The Morgan fingerprint density at radius 3 is 2.56 bits per heavy atom. The second kappa shape index (κ2) is 5.72. The summed E-state index contributed by atoms with van der Waals surface area (Å²) in [6.07, 6.45) is 4.32. The van der Waals surface area contributed by atoms with Gasteiger partial charge >= 0.3 is 5.97 Å². The third-order valence-corrected chi connectivity index (χ3v) is 3.55. The first kappa shape index (κ1) is 13.4. The Hall–Kier alpha value is -1.06. The monoisotopic (exact) mass is 286 g/mol. The van der Waals surface area contributed by atoms with E-state index in [1.165, 1.54) is 12.1 Å². The molecule has 5 heteroatoms. The molecule has 0 radical (unpaired) electrons. The van der Waals surface area contributed by atoms with Gasteiger partial charge in [0.05, 0.1) is 16.5 Å². The first-order chi connectivity index (χ1) is 8.61. The van der Waals surface area contributed by atoms with Crippen LogP contribution in [0.1, 0.15) is 36.0 Å². The zero-order chi connectivity index (χ0) is 13.1. The molecule has 0 spiro atoms. The van der Waals surface area contributed by atoms with Crippen LogP contribution in [0.2, 0.25) is 10.0 Å². The van der Waals surface area contributed by atoms with Crippen LogP contribution in [0.15, 0.2) is 12.1 Å². The van der Waals surface area contributed by atoms with Gasteiger partial charge in [0.2, 0.25) is 0 Å². The molecule has 0 atom stereocenters. The van der Waals surface area contributed by atoms with Gasteiger partial charge in [-0.05, 0) is 25.0 Å². The molecule has 96 valence electrons. The van der Waals surface area contributed by atoms with Crippen LogP contribution in [0.3, 0.4) is 0 Å². The predicted octanol–water partition coefficient (Wildman–Crippen LogP) is 3.90. The molecule has 0 saturated heterocycles. The summed E-state index contributed by atoms with van der Waals surface area (Å²) in [6, 6.07) is 2.88. The molecule has 0 unspecified atom stereocenters. The summed E-state index contributed by atoms with van der Waals surface area (Å²) < 4.78 is 5.25. The van der Waals surface area contributed by atoms with Gasteiger partial charge in [0, 0.05) is 5.02 Å². The fraction of sp³-hybridized carbons (Fsp3) is 0.385. The van der Waals surface area contributed by atoms with E-state index < -0.39 is 0 Å². The standard InChI is InChI=1S/C13H12Cl2O3/c14-10-5-9(7-16)12(11(15)6-10)18-13(17)8-3-1-2-4-8/h5-8H,1-4H2. The zero-order valence-corrected chi connectivity index (χ0v) is 11.1. The van der Waals surface area contributed by atoms with Gasteiger partial charge in [0.1, 0.15) is 0 Å². The predicted molar refractivity (Wildman–Crippen MR) is 69.4 cm³/mol. The van der Waals surface area contributed by atoms with Crippen LogP contribution in [-0.4, -0.2) is 12.3 Å². The second-order valence-electron chi connectivity index (χ2n) is 4.33. The van der Waals surface area contributed by atoms with E-state index in [1.807, 2.05) is 0 Å². The van der Waals surface area contributed by atoms with Crippen LogP contribution in [0.5, 0.6) is 5.75 Å². The SMILES string of the molecule is O=Cc1cc(Cl)cc(Cl)c1OC(=O)C1CCCC1. The maximum Gasteiger partial charge on any atom is 0.314 e. The molecule has 1 aromatic carbocycles. The zero-order valence-electron chi connectivity index (χ0n) is 9.62. The van der Waals surface area contributed by atoms with Crippen molar-refractivity contribution >= 4 is 35.5 Å². The number of hydrogen-bond acceptors (Lipinski definition) is 3. The molecule has 1 saturated carbocycles. The second-order valence-corrected chi connectivity index (χ2v) is 5.17. The molecule has 0 aromatic heterocycles. The van der Waals surface area contributed by atoms with Gasteiger partial charge in [0.25, 0.3) is 0 Å². The fourth-order valence-electron chi connectivity index (χ4n) is 2.12. The first-order valence-corrected chi connectivity index (χ1v) is 6.53. The summed E-state index contributed by atoms with van der Waals surface area (Å²) in [5.74, 6) is -0.302. The number of carbonyl (C=O) groups is 2. The van der Waals surface area contributed by atoms with Gasteiger partial charge in [0.15, 0.2) is 12.0 Å². The summed E-state index contributed by atoms with van der Waals surface area (Å²) in [5.41, 5.74) is 0.193. The van der Waals surface area contributed by atoms with Crippen molar-refractivity contribution in [2.24, 2.45) is 5.92 Å². The van der Waals surface area contributed by atoms with Crippen molar-refractivity contribution in [3.63, 3.8) is 0 Å². The minimum atomic E-state index is -0.320. The summed E-state index contributed by atoms with van der Waals surface area (Å²) in [7, 11) is 0. The lowest BCUT2D eigenvalue weighted by Crippen LogP contribution is -2.18. The lowest BCUT2D eigenvalue weighted by molar-refractivity contribution is -0.138. The molecular formula is C13H12Cl2O3. The van der Waals surface area contributed by atoms with Gasteiger partial charge in [-0.15, -0.1) is 0 Å². The summed E-state index contributed by atoms with van der Waals surface area (Å²) in [6.45, 7) is 0. The topological polar surface area (TPSA) is 43.4 Å². The van der Waals surface area contributed by atoms with Crippen molar-refractivity contribution in [2.75, 3.05) is 0 Å². The molecule has 0 amide bonds. The number of rotatable bonds is 3. The lowest BCUT2D eigenvalue weighted by Gasteiger charge is -2.12. The van der Waals surface area contributed by atoms with Crippen LogP contribution in [0.25, 0.3) is 0 Å². The van der Waals surface area contributed by atoms with Crippen molar-refractivity contribution in [1.82, 2.24) is 0 Å². The van der Waals surface area contributed by atoms with E-state index in [0.717, 1.165) is 25.7 Å². The Morgan fingerprint density at radius 1 is 1.28 bits per heavy atom. The highest BCUT2D eigenvalue weighted by Gasteiger charge is 2.26. The van der Waals surface area contributed by atoms with Crippen LogP contribution in [0, 0.1) is 5.92 Å². The van der Waals surface area contributed by atoms with Gasteiger partial charge in [-0.3, -0.25) is 9.59 Å². The number of halogens is 2. The number of hydrogen-bond donors (Lipinski definition) is 0. The van der Waals surface area contributed by atoms with Crippen LogP contribution >= 0.6 is 23.2 Å². The normalized spacial score (nSPS) is 15.7. The summed E-state index contributed by atoms with van der Waals surface area (Å²) >= 11 is 11.7. The highest BCUT2D eigenvalue weighted by atomic mass is 35.5. The number of benzene rings is 1. The van der Waals surface area contributed by atoms with Gasteiger partial charge in [-0.25, -0.2) is 0 Å². The molecule has 0 aliphatic heterocycles. The van der Waals surface area contributed by atoms with Crippen molar-refractivity contribution in [3.05, 3.63) is 27.7 Å². The van der Waals surface area contributed by atoms with Crippen LogP contribution in [0.4, 0.5) is 0 Å². The average molecular weight is 287 g/mol. The quantitative estimate of drug-likeness (QED) is 0.481. The molecule has 1 aliphatic rings. The number of ether oxygens (including phenoxy) is 1. The first-order valence-electron chi connectivity index (χ1n) is 5.77. The Bertz CT molecular complexity index is 479. The number of carbonyl (C=O) groups excluding carboxylic acids is 2. The molecule has 1 aromatic rings. The van der Waals surface area contributed by atoms with E-state index in [4.69, 9.17) is 27.9 Å². The van der Waals surface area contributed by atoms with Gasteiger partial charge < -0.3 is 4.74 Å². The Kier molecular flexibility index (Phi) is 4.25. The number of esters is 1. The highest BCUT2D eigenvalue weighted by molar-refractivity contribution is 6.36. The van der Waals surface area contributed by atoms with Gasteiger partial charge in [-0.2, -0.15) is 0 Å². The Labute approximate surface area is 115 Å². The molecule has 18 heavy (non-hydrogen) atoms. The molecule has 2 rings (SSSR count). The summed E-state index contributed by atoms with van der Waals surface area (Å²) in [5, 5.41) is 0.513. The largest absolute Gasteiger partial charge is 0.424 e. The fourth-order valence-corrected chi connectivity index (χ4v) is 2.67. The van der Waals surface area contributed by atoms with E-state index >= 15 is 0 Å². The highest BCUT2D eigenvalue weighted by Crippen LogP contribution is 2.33. The van der Waals surface area contributed by atoms with E-state index in [-0.39, 0.29) is 28.2 Å². The molecule has 0 heterocycles. The van der Waals surface area contributed by atoms with E-state index in [1.54, 1.807) is 0 Å². The van der Waals surface area contributed by atoms with E-state index in [2.05, 4.69) is 0 Å². The average Bonchev–Trinajstić information content (AvgIpc) is 2.85. The smallest absolute Gasteiger partial charge is 0.314 e. The Balaban J connectivity index is 2.22. The minimum Gasteiger partial charge on any atom is -0.424 e. The maximum atomic E-state index is 11.9. The third kappa shape index (κ3) is 2.85.